The van der Waals surface area contributed by atoms with Gasteiger partial charge in [-0.1, -0.05) is 51.9 Å². The van der Waals surface area contributed by atoms with E-state index in [1.165, 1.54) is 51.4 Å². The number of hydrogen-bond donors (Lipinski definition) is 1. The third kappa shape index (κ3) is 12.0. The molecule has 1 atom stereocenters. The molecule has 0 aromatic carbocycles. The molecule has 0 aliphatic carbocycles. The van der Waals surface area contributed by atoms with Crippen LogP contribution in [-0.2, 0) is 0 Å². The van der Waals surface area contributed by atoms with Crippen molar-refractivity contribution in [2.75, 3.05) is 20.6 Å². The zero-order valence-corrected chi connectivity index (χ0v) is 11.7. The van der Waals surface area contributed by atoms with Gasteiger partial charge in [-0.2, -0.15) is 0 Å². The van der Waals surface area contributed by atoms with Crippen LogP contribution in [0.15, 0.2) is 0 Å². The van der Waals surface area contributed by atoms with Crippen molar-refractivity contribution in [3.05, 3.63) is 0 Å². The second kappa shape index (κ2) is 11.4. The first-order chi connectivity index (χ1) is 7.66. The van der Waals surface area contributed by atoms with Crippen LogP contribution in [0.2, 0.25) is 0 Å². The van der Waals surface area contributed by atoms with Gasteiger partial charge in [-0.3, -0.25) is 0 Å². The van der Waals surface area contributed by atoms with Crippen LogP contribution in [0, 0.1) is 0 Å². The van der Waals surface area contributed by atoms with Crippen molar-refractivity contribution in [2.24, 2.45) is 5.73 Å². The normalized spacial score (nSPS) is 13.3. The van der Waals surface area contributed by atoms with Crippen LogP contribution < -0.4 is 5.73 Å². The van der Waals surface area contributed by atoms with Crippen LogP contribution in [0.5, 0.6) is 0 Å². The molecular formula is C14H32N2. The molecule has 2 N–H and O–H groups in total. The molecule has 0 radical (unpaired) electrons. The highest BCUT2D eigenvalue weighted by Crippen LogP contribution is 2.10. The minimum absolute atomic E-state index is 0.415. The van der Waals surface area contributed by atoms with E-state index in [0.717, 1.165) is 13.0 Å². The number of rotatable bonds is 11. The quantitative estimate of drug-likeness (QED) is 0.549. The Morgan fingerprint density at radius 3 is 2.00 bits per heavy atom. The van der Waals surface area contributed by atoms with E-state index >= 15 is 0 Å². The summed E-state index contributed by atoms with van der Waals surface area (Å²) >= 11 is 0. The average molecular weight is 228 g/mol. The molecule has 0 amide bonds. The molecule has 0 spiro atoms. The second-order valence-electron chi connectivity index (χ2n) is 5.26. The lowest BCUT2D eigenvalue weighted by atomic mass is 10.0. The predicted octanol–water partition coefficient (Wildman–Crippen LogP) is 3.41. The fraction of sp³-hybridized carbons (Fsp3) is 1.00. The Kier molecular flexibility index (Phi) is 11.3. The van der Waals surface area contributed by atoms with Crippen molar-refractivity contribution < 1.29 is 0 Å². The third-order valence-corrected chi connectivity index (χ3v) is 3.13. The maximum absolute atomic E-state index is 6.06. The predicted molar refractivity (Wildman–Crippen MR) is 73.8 cm³/mol. The molecule has 2 heteroatoms. The Labute approximate surface area is 103 Å². The lowest BCUT2D eigenvalue weighted by Crippen LogP contribution is -2.26. The van der Waals surface area contributed by atoms with Gasteiger partial charge in [0.25, 0.3) is 0 Å². The summed E-state index contributed by atoms with van der Waals surface area (Å²) in [5, 5.41) is 0. The Morgan fingerprint density at radius 1 is 0.875 bits per heavy atom. The Hall–Kier alpha value is -0.0800. The largest absolute Gasteiger partial charge is 0.328 e. The van der Waals surface area contributed by atoms with Gasteiger partial charge in [0.15, 0.2) is 0 Å². The van der Waals surface area contributed by atoms with Crippen LogP contribution in [0.1, 0.15) is 64.7 Å². The lowest BCUT2D eigenvalue weighted by molar-refractivity contribution is 0.371. The van der Waals surface area contributed by atoms with Gasteiger partial charge in [0.1, 0.15) is 0 Å². The minimum atomic E-state index is 0.415. The van der Waals surface area contributed by atoms with Crippen LogP contribution in [0.25, 0.3) is 0 Å². The standard InChI is InChI=1S/C14H32N2/c1-4-5-6-7-8-9-10-11-14(15)12-13-16(2)3/h14H,4-13,15H2,1-3H3. The molecule has 16 heavy (non-hydrogen) atoms. The van der Waals surface area contributed by atoms with Crippen molar-refractivity contribution in [1.82, 2.24) is 4.90 Å². The van der Waals surface area contributed by atoms with Gasteiger partial charge in [-0.05, 0) is 33.5 Å². The summed E-state index contributed by atoms with van der Waals surface area (Å²) in [5.74, 6) is 0. The summed E-state index contributed by atoms with van der Waals surface area (Å²) in [6, 6.07) is 0.415. The third-order valence-electron chi connectivity index (χ3n) is 3.13. The zero-order valence-electron chi connectivity index (χ0n) is 11.7. The van der Waals surface area contributed by atoms with Gasteiger partial charge >= 0.3 is 0 Å². The first-order valence-corrected chi connectivity index (χ1v) is 7.07. The van der Waals surface area contributed by atoms with E-state index in [-0.39, 0.29) is 0 Å². The summed E-state index contributed by atoms with van der Waals surface area (Å²) in [7, 11) is 4.22. The summed E-state index contributed by atoms with van der Waals surface area (Å²) in [4.78, 5) is 2.21. The van der Waals surface area contributed by atoms with Gasteiger partial charge < -0.3 is 10.6 Å². The number of hydrogen-bond acceptors (Lipinski definition) is 2. The topological polar surface area (TPSA) is 29.3 Å². The molecule has 0 aromatic rings. The molecular weight excluding hydrogens is 196 g/mol. The molecule has 0 fully saturated rings. The average Bonchev–Trinajstić information content (AvgIpc) is 2.25. The van der Waals surface area contributed by atoms with Crippen LogP contribution in [0.3, 0.4) is 0 Å². The van der Waals surface area contributed by atoms with Crippen LogP contribution in [-0.4, -0.2) is 31.6 Å². The molecule has 0 aliphatic heterocycles. The lowest BCUT2D eigenvalue weighted by Gasteiger charge is -2.14. The van der Waals surface area contributed by atoms with Crippen molar-refractivity contribution in [2.45, 2.75) is 70.8 Å². The maximum Gasteiger partial charge on any atom is 0.00509 e. The van der Waals surface area contributed by atoms with Crippen molar-refractivity contribution in [3.8, 4) is 0 Å². The molecule has 1 unspecified atom stereocenters. The van der Waals surface area contributed by atoms with E-state index < -0.39 is 0 Å². The Morgan fingerprint density at radius 2 is 1.44 bits per heavy atom. The molecule has 98 valence electrons. The van der Waals surface area contributed by atoms with Gasteiger partial charge in [-0.15, -0.1) is 0 Å². The van der Waals surface area contributed by atoms with Gasteiger partial charge in [0, 0.05) is 6.04 Å². The fourth-order valence-corrected chi connectivity index (χ4v) is 1.93. The highest BCUT2D eigenvalue weighted by molar-refractivity contribution is 4.63. The molecule has 0 bridgehead atoms. The van der Waals surface area contributed by atoms with Crippen LogP contribution >= 0.6 is 0 Å². The molecule has 0 aliphatic rings. The first kappa shape index (κ1) is 15.9. The van der Waals surface area contributed by atoms with E-state index in [1.807, 2.05) is 0 Å². The van der Waals surface area contributed by atoms with Crippen molar-refractivity contribution >= 4 is 0 Å². The Bertz CT molecular complexity index is 135. The van der Waals surface area contributed by atoms with E-state index in [9.17, 15) is 0 Å². The van der Waals surface area contributed by atoms with Crippen molar-refractivity contribution in [1.29, 1.82) is 0 Å². The van der Waals surface area contributed by atoms with E-state index in [1.54, 1.807) is 0 Å². The molecule has 0 rings (SSSR count). The van der Waals surface area contributed by atoms with E-state index in [2.05, 4.69) is 25.9 Å². The highest BCUT2D eigenvalue weighted by Gasteiger charge is 2.02. The summed E-state index contributed by atoms with van der Waals surface area (Å²) in [6.07, 6.45) is 12.0. The number of unbranched alkanes of at least 4 members (excludes halogenated alkanes) is 6. The highest BCUT2D eigenvalue weighted by atomic mass is 15.0. The van der Waals surface area contributed by atoms with E-state index in [4.69, 9.17) is 5.73 Å². The molecule has 0 saturated carbocycles. The SMILES string of the molecule is CCCCCCCCCC(N)CCN(C)C. The van der Waals surface area contributed by atoms with Gasteiger partial charge in [0.2, 0.25) is 0 Å². The number of nitrogens with two attached hydrogens (primary N) is 1. The molecule has 0 saturated heterocycles. The van der Waals surface area contributed by atoms with Gasteiger partial charge in [0.05, 0.1) is 0 Å². The minimum Gasteiger partial charge on any atom is -0.328 e. The molecule has 0 aromatic heterocycles. The zero-order chi connectivity index (χ0) is 12.2. The second-order valence-corrected chi connectivity index (χ2v) is 5.26. The molecule has 2 nitrogen and oxygen atoms in total. The first-order valence-electron chi connectivity index (χ1n) is 7.07. The smallest absolute Gasteiger partial charge is 0.00509 e. The molecule has 0 heterocycles. The van der Waals surface area contributed by atoms with Gasteiger partial charge in [-0.25, -0.2) is 0 Å². The summed E-state index contributed by atoms with van der Waals surface area (Å²) in [6.45, 7) is 3.39. The van der Waals surface area contributed by atoms with Crippen LogP contribution in [0.4, 0.5) is 0 Å². The Balaban J connectivity index is 3.12. The number of nitrogens with zero attached hydrogens (tertiary/aromatic N) is 1. The monoisotopic (exact) mass is 228 g/mol. The van der Waals surface area contributed by atoms with E-state index in [0.29, 0.717) is 6.04 Å². The summed E-state index contributed by atoms with van der Waals surface area (Å²) < 4.78 is 0. The van der Waals surface area contributed by atoms with Crippen molar-refractivity contribution in [3.63, 3.8) is 0 Å². The maximum atomic E-state index is 6.06. The fourth-order valence-electron chi connectivity index (χ4n) is 1.93. The summed E-state index contributed by atoms with van der Waals surface area (Å²) in [5.41, 5.74) is 6.06.